The number of nitrogens with one attached hydrogen (secondary N) is 1. The molecule has 1 amide bonds. The molecule has 0 unspecified atom stereocenters. The average molecular weight is 403 g/mol. The summed E-state index contributed by atoms with van der Waals surface area (Å²) in [5.41, 5.74) is 0.989. The number of likely N-dealkylation sites (tertiary alicyclic amines) is 1. The number of amidine groups is 1. The molecule has 0 aromatic heterocycles. The predicted molar refractivity (Wildman–Crippen MR) is 107 cm³/mol. The molecular formula is C19H19ClN4O4. The number of oxime groups is 1. The smallest absolute Gasteiger partial charge is 0.353 e. The van der Waals surface area contributed by atoms with Crippen molar-refractivity contribution in [1.82, 2.24) is 4.90 Å². The van der Waals surface area contributed by atoms with Gasteiger partial charge in [0.25, 0.3) is 5.69 Å². The zero-order valence-corrected chi connectivity index (χ0v) is 15.8. The SMILES string of the molecule is O=C(Nc1ccc(Cl)cc1)O/N=C(/c1cccc([N+](=O)[O-])c1)N1CCCCC1. The first-order valence-corrected chi connectivity index (χ1v) is 9.22. The molecule has 0 aliphatic carbocycles. The van der Waals surface area contributed by atoms with E-state index in [1.54, 1.807) is 36.4 Å². The largest absolute Gasteiger partial charge is 0.437 e. The average Bonchev–Trinajstić information content (AvgIpc) is 2.71. The minimum Gasteiger partial charge on any atom is -0.353 e. The topological polar surface area (TPSA) is 97.1 Å². The number of rotatable bonds is 4. The Morgan fingerprint density at radius 3 is 2.54 bits per heavy atom. The molecule has 0 radical (unpaired) electrons. The second-order valence-electron chi connectivity index (χ2n) is 6.28. The second-order valence-corrected chi connectivity index (χ2v) is 6.72. The summed E-state index contributed by atoms with van der Waals surface area (Å²) in [7, 11) is 0. The predicted octanol–water partition coefficient (Wildman–Crippen LogP) is 4.64. The standard InChI is InChI=1S/C19H19ClN4O4/c20-15-7-9-16(10-8-15)21-19(25)28-22-18(23-11-2-1-3-12-23)14-5-4-6-17(13-14)24(26)27/h4-10,13H,1-3,11-12H2,(H,21,25)/b22-18-. The van der Waals surface area contributed by atoms with Crippen molar-refractivity contribution >= 4 is 34.9 Å². The van der Waals surface area contributed by atoms with Crippen molar-refractivity contribution < 1.29 is 14.6 Å². The van der Waals surface area contributed by atoms with Crippen molar-refractivity contribution in [2.24, 2.45) is 5.16 Å². The second kappa shape index (κ2) is 9.18. The normalized spacial score (nSPS) is 14.5. The van der Waals surface area contributed by atoms with Gasteiger partial charge >= 0.3 is 6.09 Å². The number of anilines is 1. The number of piperidine rings is 1. The van der Waals surface area contributed by atoms with Gasteiger partial charge < -0.3 is 4.90 Å². The molecular weight excluding hydrogens is 384 g/mol. The molecule has 1 N–H and O–H groups in total. The summed E-state index contributed by atoms with van der Waals surface area (Å²) in [6.07, 6.45) is 2.30. The Balaban J connectivity index is 1.79. The molecule has 9 heteroatoms. The Morgan fingerprint density at radius 2 is 1.86 bits per heavy atom. The number of benzene rings is 2. The lowest BCUT2D eigenvalue weighted by atomic mass is 10.1. The van der Waals surface area contributed by atoms with E-state index in [0.29, 0.717) is 22.1 Å². The summed E-state index contributed by atoms with van der Waals surface area (Å²) in [5.74, 6) is 0.398. The number of halogens is 1. The van der Waals surface area contributed by atoms with Crippen LogP contribution in [-0.4, -0.2) is 34.8 Å². The van der Waals surface area contributed by atoms with E-state index in [4.69, 9.17) is 16.4 Å². The van der Waals surface area contributed by atoms with Crippen LogP contribution in [-0.2, 0) is 4.84 Å². The van der Waals surface area contributed by atoms with Crippen LogP contribution in [0.1, 0.15) is 24.8 Å². The van der Waals surface area contributed by atoms with Gasteiger partial charge in [-0.25, -0.2) is 4.79 Å². The van der Waals surface area contributed by atoms with E-state index in [0.717, 1.165) is 32.4 Å². The molecule has 28 heavy (non-hydrogen) atoms. The van der Waals surface area contributed by atoms with E-state index in [9.17, 15) is 14.9 Å². The van der Waals surface area contributed by atoms with Gasteiger partial charge in [-0.3, -0.25) is 20.3 Å². The fourth-order valence-corrected chi connectivity index (χ4v) is 3.04. The van der Waals surface area contributed by atoms with Crippen molar-refractivity contribution in [3.63, 3.8) is 0 Å². The number of amides is 1. The number of non-ortho nitro benzene ring substituents is 1. The molecule has 1 heterocycles. The lowest BCUT2D eigenvalue weighted by Gasteiger charge is -2.29. The number of carbonyl (C=O) groups excluding carboxylic acids is 1. The summed E-state index contributed by atoms with van der Waals surface area (Å²) in [6.45, 7) is 1.48. The third-order valence-corrected chi connectivity index (χ3v) is 4.53. The number of hydrogen-bond donors (Lipinski definition) is 1. The molecule has 0 saturated carbocycles. The van der Waals surface area contributed by atoms with E-state index in [1.165, 1.54) is 12.1 Å². The van der Waals surface area contributed by atoms with Crippen LogP contribution in [0, 0.1) is 10.1 Å². The lowest BCUT2D eigenvalue weighted by molar-refractivity contribution is -0.384. The first kappa shape index (κ1) is 19.6. The Bertz CT molecular complexity index is 880. The Kier molecular flexibility index (Phi) is 6.44. The van der Waals surface area contributed by atoms with Gasteiger partial charge in [-0.2, -0.15) is 0 Å². The zero-order chi connectivity index (χ0) is 19.9. The third-order valence-electron chi connectivity index (χ3n) is 4.28. The molecule has 0 bridgehead atoms. The molecule has 3 rings (SSSR count). The Labute approximate surface area is 166 Å². The van der Waals surface area contributed by atoms with Crippen molar-refractivity contribution in [1.29, 1.82) is 0 Å². The summed E-state index contributed by atoms with van der Waals surface area (Å²) >= 11 is 5.82. The number of carbonyl (C=O) groups is 1. The Hall–Kier alpha value is -3.13. The van der Waals surface area contributed by atoms with E-state index >= 15 is 0 Å². The van der Waals surface area contributed by atoms with Crippen molar-refractivity contribution in [2.75, 3.05) is 18.4 Å². The van der Waals surface area contributed by atoms with Crippen LogP contribution >= 0.6 is 11.6 Å². The van der Waals surface area contributed by atoms with Gasteiger partial charge in [-0.15, -0.1) is 0 Å². The molecule has 1 aliphatic heterocycles. The maximum atomic E-state index is 12.1. The van der Waals surface area contributed by atoms with Crippen LogP contribution < -0.4 is 5.32 Å². The van der Waals surface area contributed by atoms with E-state index in [2.05, 4.69) is 10.5 Å². The fourth-order valence-electron chi connectivity index (χ4n) is 2.92. The highest BCUT2D eigenvalue weighted by molar-refractivity contribution is 6.30. The number of nitro groups is 1. The van der Waals surface area contributed by atoms with Gasteiger partial charge in [0.15, 0.2) is 5.84 Å². The number of nitro benzene ring substituents is 1. The molecule has 8 nitrogen and oxygen atoms in total. The maximum absolute atomic E-state index is 12.1. The number of nitrogens with zero attached hydrogens (tertiary/aromatic N) is 3. The summed E-state index contributed by atoms with van der Waals surface area (Å²) < 4.78 is 0. The molecule has 146 valence electrons. The van der Waals surface area contributed by atoms with Gasteiger partial charge in [-0.05, 0) is 43.5 Å². The molecule has 2 aromatic carbocycles. The van der Waals surface area contributed by atoms with Gasteiger partial charge in [0.2, 0.25) is 0 Å². The summed E-state index contributed by atoms with van der Waals surface area (Å²) in [6, 6.07) is 12.7. The quantitative estimate of drug-likeness (QED) is 0.264. The minimum absolute atomic E-state index is 0.0483. The monoisotopic (exact) mass is 402 g/mol. The van der Waals surface area contributed by atoms with E-state index in [1.807, 2.05) is 4.90 Å². The van der Waals surface area contributed by atoms with Crippen LogP contribution in [0.15, 0.2) is 53.7 Å². The van der Waals surface area contributed by atoms with E-state index in [-0.39, 0.29) is 5.69 Å². The number of hydrogen-bond acceptors (Lipinski definition) is 5. The van der Waals surface area contributed by atoms with Crippen LogP contribution in [0.3, 0.4) is 0 Å². The van der Waals surface area contributed by atoms with Gasteiger partial charge in [0.1, 0.15) is 0 Å². The first-order valence-electron chi connectivity index (χ1n) is 8.84. The van der Waals surface area contributed by atoms with Crippen LogP contribution in [0.5, 0.6) is 0 Å². The highest BCUT2D eigenvalue weighted by Gasteiger charge is 2.20. The van der Waals surface area contributed by atoms with Gasteiger partial charge in [-0.1, -0.05) is 28.9 Å². The minimum atomic E-state index is -0.762. The van der Waals surface area contributed by atoms with Gasteiger partial charge in [0, 0.05) is 41.5 Å². The van der Waals surface area contributed by atoms with Gasteiger partial charge in [0.05, 0.1) is 4.92 Å². The van der Waals surface area contributed by atoms with E-state index < -0.39 is 11.0 Å². The molecule has 1 fully saturated rings. The Morgan fingerprint density at radius 1 is 1.14 bits per heavy atom. The maximum Gasteiger partial charge on any atom is 0.437 e. The molecule has 0 atom stereocenters. The molecule has 1 saturated heterocycles. The molecule has 1 aliphatic rings. The van der Waals surface area contributed by atoms with Crippen molar-refractivity contribution in [3.8, 4) is 0 Å². The lowest BCUT2D eigenvalue weighted by Crippen LogP contribution is -2.36. The fraction of sp³-hybridized carbons (Fsp3) is 0.263. The van der Waals surface area contributed by atoms with Crippen LogP contribution in [0.4, 0.5) is 16.2 Å². The summed E-state index contributed by atoms with van der Waals surface area (Å²) in [5, 5.41) is 18.2. The van der Waals surface area contributed by atoms with Crippen LogP contribution in [0.2, 0.25) is 5.02 Å². The highest BCUT2D eigenvalue weighted by atomic mass is 35.5. The highest BCUT2D eigenvalue weighted by Crippen LogP contribution is 2.19. The molecule has 2 aromatic rings. The first-order chi connectivity index (χ1) is 13.5. The zero-order valence-electron chi connectivity index (χ0n) is 15.0. The third kappa shape index (κ3) is 5.20. The molecule has 0 spiro atoms. The summed E-state index contributed by atoms with van der Waals surface area (Å²) in [4.78, 5) is 29.7. The van der Waals surface area contributed by atoms with Crippen LogP contribution in [0.25, 0.3) is 0 Å². The van der Waals surface area contributed by atoms with Crippen molar-refractivity contribution in [3.05, 3.63) is 69.2 Å². The van der Waals surface area contributed by atoms with Crippen molar-refractivity contribution in [2.45, 2.75) is 19.3 Å².